The van der Waals surface area contributed by atoms with Crippen molar-refractivity contribution in [3.8, 4) is 0 Å². The van der Waals surface area contributed by atoms with Crippen LogP contribution in [0.25, 0.3) is 16.6 Å². The molecule has 0 bridgehead atoms. The van der Waals surface area contributed by atoms with Crippen LogP contribution in [0, 0.1) is 6.92 Å². The third-order valence-electron chi connectivity index (χ3n) is 4.01. The number of benzene rings is 2. The van der Waals surface area contributed by atoms with Gasteiger partial charge in [-0.15, -0.1) is 0 Å². The van der Waals surface area contributed by atoms with E-state index in [9.17, 15) is 4.79 Å². The molecule has 0 atom stereocenters. The van der Waals surface area contributed by atoms with Crippen LogP contribution in [0.2, 0.25) is 0 Å². The van der Waals surface area contributed by atoms with Crippen LogP contribution in [0.4, 0.5) is 0 Å². The molecule has 0 aliphatic rings. The number of hydrogen-bond acceptors (Lipinski definition) is 6. The van der Waals surface area contributed by atoms with Crippen molar-refractivity contribution < 1.29 is 14.3 Å². The van der Waals surface area contributed by atoms with Crippen molar-refractivity contribution >= 4 is 34.3 Å². The number of rotatable bonds is 6. The number of fused-ring (bicyclic) bond motifs is 1. The number of aromatic nitrogens is 2. The van der Waals surface area contributed by atoms with Gasteiger partial charge in [0.15, 0.2) is 0 Å². The summed E-state index contributed by atoms with van der Waals surface area (Å²) >= 11 is 1.59. The van der Waals surface area contributed by atoms with Gasteiger partial charge in [-0.25, -0.2) is 14.8 Å². The molecule has 1 aromatic heterocycles. The minimum atomic E-state index is -0.434. The first kappa shape index (κ1) is 18.9. The quantitative estimate of drug-likeness (QED) is 0.274. The summed E-state index contributed by atoms with van der Waals surface area (Å²) in [5, 5.41) is 0.874. The fourth-order valence-corrected chi connectivity index (χ4v) is 3.67. The van der Waals surface area contributed by atoms with Gasteiger partial charge >= 0.3 is 5.97 Å². The van der Waals surface area contributed by atoms with E-state index < -0.39 is 5.97 Å². The van der Waals surface area contributed by atoms with E-state index in [0.29, 0.717) is 11.3 Å². The van der Waals surface area contributed by atoms with E-state index in [1.165, 1.54) is 20.5 Å². The Morgan fingerprint density at radius 2 is 1.70 bits per heavy atom. The van der Waals surface area contributed by atoms with Crippen LogP contribution in [0.1, 0.15) is 16.8 Å². The normalized spacial score (nSPS) is 11.4. The van der Waals surface area contributed by atoms with E-state index in [0.717, 1.165) is 32.9 Å². The van der Waals surface area contributed by atoms with E-state index in [4.69, 9.17) is 14.5 Å². The van der Waals surface area contributed by atoms with Gasteiger partial charge < -0.3 is 9.47 Å². The molecule has 3 rings (SSSR count). The Bertz CT molecular complexity index is 1000. The second kappa shape index (κ2) is 8.68. The molecule has 27 heavy (non-hydrogen) atoms. The SMILES string of the molecule is CO/C=C(/C(=O)OC)c1ccccc1CSc1nc2ccccc2nc1C. The summed E-state index contributed by atoms with van der Waals surface area (Å²) in [4.78, 5) is 21.5. The molecular weight excluding hydrogens is 360 g/mol. The Kier molecular flexibility index (Phi) is 6.08. The highest BCUT2D eigenvalue weighted by Crippen LogP contribution is 2.29. The Morgan fingerprint density at radius 1 is 1.04 bits per heavy atom. The van der Waals surface area contributed by atoms with Gasteiger partial charge in [0.2, 0.25) is 0 Å². The number of para-hydroxylation sites is 2. The maximum atomic E-state index is 12.1. The van der Waals surface area contributed by atoms with E-state index in [1.807, 2.05) is 55.5 Å². The second-order valence-corrected chi connectivity index (χ2v) is 6.77. The molecular formula is C21H20N2O3S. The zero-order valence-corrected chi connectivity index (χ0v) is 16.2. The minimum Gasteiger partial charge on any atom is -0.503 e. The molecule has 5 nitrogen and oxygen atoms in total. The Morgan fingerprint density at radius 3 is 2.41 bits per heavy atom. The van der Waals surface area contributed by atoms with Crippen LogP contribution in [0.3, 0.4) is 0 Å². The van der Waals surface area contributed by atoms with E-state index in [-0.39, 0.29) is 0 Å². The molecule has 0 N–H and O–H groups in total. The number of carbonyl (C=O) groups excluding carboxylic acids is 1. The van der Waals surface area contributed by atoms with Gasteiger partial charge in [0.1, 0.15) is 10.6 Å². The number of aryl methyl sites for hydroxylation is 1. The molecule has 0 fully saturated rings. The molecule has 0 unspecified atom stereocenters. The number of thioether (sulfide) groups is 1. The highest BCUT2D eigenvalue weighted by atomic mass is 32.2. The lowest BCUT2D eigenvalue weighted by molar-refractivity contribution is -0.133. The maximum absolute atomic E-state index is 12.1. The summed E-state index contributed by atoms with van der Waals surface area (Å²) in [5.41, 5.74) is 4.80. The molecule has 138 valence electrons. The summed E-state index contributed by atoms with van der Waals surface area (Å²) in [5.74, 6) is 0.207. The van der Waals surface area contributed by atoms with Gasteiger partial charge in [-0.1, -0.05) is 48.2 Å². The first-order valence-corrected chi connectivity index (χ1v) is 9.38. The second-order valence-electron chi connectivity index (χ2n) is 5.81. The summed E-state index contributed by atoms with van der Waals surface area (Å²) in [7, 11) is 2.87. The smallest absolute Gasteiger partial charge is 0.341 e. The highest BCUT2D eigenvalue weighted by Gasteiger charge is 2.17. The molecule has 3 aromatic rings. The van der Waals surface area contributed by atoms with Crippen LogP contribution >= 0.6 is 11.8 Å². The van der Waals surface area contributed by atoms with Crippen LogP contribution in [0.5, 0.6) is 0 Å². The van der Waals surface area contributed by atoms with Crippen molar-refractivity contribution in [2.75, 3.05) is 14.2 Å². The van der Waals surface area contributed by atoms with Crippen LogP contribution < -0.4 is 0 Å². The van der Waals surface area contributed by atoms with E-state index in [1.54, 1.807) is 11.8 Å². The average Bonchev–Trinajstić information content (AvgIpc) is 2.70. The van der Waals surface area contributed by atoms with Gasteiger partial charge in [0, 0.05) is 5.75 Å². The van der Waals surface area contributed by atoms with Gasteiger partial charge in [-0.3, -0.25) is 0 Å². The first-order valence-electron chi connectivity index (χ1n) is 8.39. The van der Waals surface area contributed by atoms with Crippen LogP contribution in [-0.2, 0) is 20.0 Å². The fraction of sp³-hybridized carbons (Fsp3) is 0.190. The van der Waals surface area contributed by atoms with Crippen molar-refractivity contribution in [1.29, 1.82) is 0 Å². The monoisotopic (exact) mass is 380 g/mol. The number of ether oxygens (including phenoxy) is 2. The first-order chi connectivity index (χ1) is 13.1. The lowest BCUT2D eigenvalue weighted by atomic mass is 10.0. The third kappa shape index (κ3) is 4.28. The largest absolute Gasteiger partial charge is 0.503 e. The standard InChI is InChI=1S/C21H20N2O3S/c1-14-20(23-19-11-7-6-10-18(19)22-14)27-13-15-8-4-5-9-16(15)17(12-25-2)21(24)26-3/h4-12H,13H2,1-3H3/b17-12+. The number of nitrogens with zero attached hydrogens (tertiary/aromatic N) is 2. The molecule has 0 saturated heterocycles. The van der Waals surface area contributed by atoms with Crippen LogP contribution in [0.15, 0.2) is 59.8 Å². The zero-order chi connectivity index (χ0) is 19.2. The molecule has 0 amide bonds. The van der Waals surface area contributed by atoms with Crippen molar-refractivity contribution in [3.63, 3.8) is 0 Å². The predicted molar refractivity (Wildman–Crippen MR) is 107 cm³/mol. The molecule has 6 heteroatoms. The van der Waals surface area contributed by atoms with Crippen molar-refractivity contribution in [2.24, 2.45) is 0 Å². The lowest BCUT2D eigenvalue weighted by Gasteiger charge is -2.12. The van der Waals surface area contributed by atoms with Gasteiger partial charge in [0.25, 0.3) is 0 Å². The van der Waals surface area contributed by atoms with Gasteiger partial charge in [-0.05, 0) is 30.2 Å². The topological polar surface area (TPSA) is 61.3 Å². The van der Waals surface area contributed by atoms with Gasteiger partial charge in [-0.2, -0.15) is 0 Å². The Labute approximate surface area is 162 Å². The van der Waals surface area contributed by atoms with Crippen molar-refractivity contribution in [2.45, 2.75) is 17.7 Å². The molecule has 0 radical (unpaired) electrons. The summed E-state index contributed by atoms with van der Waals surface area (Å²) in [6, 6.07) is 15.5. The van der Waals surface area contributed by atoms with Crippen molar-refractivity contribution in [3.05, 3.63) is 71.6 Å². The molecule has 0 aliphatic carbocycles. The van der Waals surface area contributed by atoms with E-state index in [2.05, 4.69) is 4.98 Å². The summed E-state index contributed by atoms with van der Waals surface area (Å²) in [6.45, 7) is 1.96. The summed E-state index contributed by atoms with van der Waals surface area (Å²) < 4.78 is 9.96. The number of esters is 1. The fourth-order valence-electron chi connectivity index (χ4n) is 2.71. The number of methoxy groups -OCH3 is 2. The zero-order valence-electron chi connectivity index (χ0n) is 15.4. The Hall–Kier alpha value is -2.86. The van der Waals surface area contributed by atoms with E-state index >= 15 is 0 Å². The molecule has 0 aliphatic heterocycles. The molecule has 0 saturated carbocycles. The lowest BCUT2D eigenvalue weighted by Crippen LogP contribution is -2.06. The molecule has 0 spiro atoms. The van der Waals surface area contributed by atoms with Crippen molar-refractivity contribution in [1.82, 2.24) is 9.97 Å². The average molecular weight is 380 g/mol. The van der Waals surface area contributed by atoms with Crippen LogP contribution in [-0.4, -0.2) is 30.2 Å². The minimum absolute atomic E-state index is 0.387. The summed E-state index contributed by atoms with van der Waals surface area (Å²) in [6.07, 6.45) is 1.41. The Balaban J connectivity index is 1.90. The maximum Gasteiger partial charge on any atom is 0.341 e. The highest BCUT2D eigenvalue weighted by molar-refractivity contribution is 7.98. The third-order valence-corrected chi connectivity index (χ3v) is 5.13. The molecule has 2 aromatic carbocycles. The molecule has 1 heterocycles. The van der Waals surface area contributed by atoms with Gasteiger partial charge in [0.05, 0.1) is 37.2 Å². The number of carbonyl (C=O) groups is 1. The number of hydrogen-bond donors (Lipinski definition) is 0. The predicted octanol–water partition coefficient (Wildman–Crippen LogP) is 4.39.